The molecule has 0 aliphatic carbocycles. The molecular weight excluding hydrogens is 266 g/mol. The van der Waals surface area contributed by atoms with Gasteiger partial charge < -0.3 is 14.7 Å². The van der Waals surface area contributed by atoms with E-state index in [0.29, 0.717) is 12.2 Å². The molecule has 5 heteroatoms. The van der Waals surface area contributed by atoms with Gasteiger partial charge in [0.05, 0.1) is 0 Å². The van der Waals surface area contributed by atoms with Crippen molar-refractivity contribution >= 4 is 5.91 Å². The van der Waals surface area contributed by atoms with Crippen LogP contribution >= 0.6 is 0 Å². The van der Waals surface area contributed by atoms with Crippen molar-refractivity contribution in [3.8, 4) is 0 Å². The van der Waals surface area contributed by atoms with Gasteiger partial charge >= 0.3 is 0 Å². The van der Waals surface area contributed by atoms with Gasteiger partial charge in [-0.1, -0.05) is 25.9 Å². The third kappa shape index (κ3) is 4.06. The highest BCUT2D eigenvalue weighted by molar-refractivity contribution is 5.93. The molecule has 1 N–H and O–H groups in total. The lowest BCUT2D eigenvalue weighted by Crippen LogP contribution is -2.45. The summed E-state index contributed by atoms with van der Waals surface area (Å²) in [5.74, 6) is 0.637. The Bertz CT molecular complexity index is 470. The molecule has 1 aromatic rings. The molecule has 0 bridgehead atoms. The third-order valence-corrected chi connectivity index (χ3v) is 4.66. The van der Waals surface area contributed by atoms with E-state index in [2.05, 4.69) is 43.2 Å². The maximum Gasteiger partial charge on any atom is 0.273 e. The van der Waals surface area contributed by atoms with Crippen LogP contribution in [0.2, 0.25) is 0 Å². The van der Waals surface area contributed by atoms with E-state index in [-0.39, 0.29) is 11.4 Å². The average molecular weight is 295 g/mol. The molecular formula is C16H29N3O2. The smallest absolute Gasteiger partial charge is 0.273 e. The molecule has 1 heterocycles. The number of nitrogens with one attached hydrogen (secondary N) is 1. The number of hydrogen-bond donors (Lipinski definition) is 1. The Kier molecular flexibility index (Phi) is 6.40. The molecule has 0 aromatic carbocycles. The molecule has 0 aliphatic rings. The fourth-order valence-corrected chi connectivity index (χ4v) is 2.46. The van der Waals surface area contributed by atoms with Crippen LogP contribution in [-0.2, 0) is 6.42 Å². The molecule has 0 spiro atoms. The molecule has 0 radical (unpaired) electrons. The molecule has 5 nitrogen and oxygen atoms in total. The Labute approximate surface area is 128 Å². The first kappa shape index (κ1) is 17.7. The maximum atomic E-state index is 12.2. The minimum absolute atomic E-state index is 0.107. The molecule has 0 saturated carbocycles. The minimum atomic E-state index is -0.145. The summed E-state index contributed by atoms with van der Waals surface area (Å²) in [4.78, 5) is 14.5. The molecule has 120 valence electrons. The zero-order valence-corrected chi connectivity index (χ0v) is 14.2. The summed E-state index contributed by atoms with van der Waals surface area (Å²) in [5.41, 5.74) is 1.36. The average Bonchev–Trinajstić information content (AvgIpc) is 2.86. The monoisotopic (exact) mass is 295 g/mol. The highest BCUT2D eigenvalue weighted by Gasteiger charge is 2.26. The lowest BCUT2D eigenvalue weighted by Gasteiger charge is -2.37. The second kappa shape index (κ2) is 7.59. The van der Waals surface area contributed by atoms with Crippen molar-refractivity contribution < 1.29 is 9.32 Å². The first-order chi connectivity index (χ1) is 9.89. The second-order valence-corrected chi connectivity index (χ2v) is 5.80. The van der Waals surface area contributed by atoms with E-state index in [0.717, 1.165) is 37.1 Å². The predicted molar refractivity (Wildman–Crippen MR) is 84.6 cm³/mol. The maximum absolute atomic E-state index is 12.2. The summed E-state index contributed by atoms with van der Waals surface area (Å²) >= 11 is 0. The van der Waals surface area contributed by atoms with Crippen LogP contribution in [0.3, 0.4) is 0 Å². The SMILES string of the molecule is CCc1onc(C(=O)NCCC(C)(CC)N(C)CC)c1C. The number of nitrogens with zero attached hydrogens (tertiary/aromatic N) is 2. The Balaban J connectivity index is 2.59. The summed E-state index contributed by atoms with van der Waals surface area (Å²) in [5, 5.41) is 6.83. The summed E-state index contributed by atoms with van der Waals surface area (Å²) in [6.07, 6.45) is 2.72. The Hall–Kier alpha value is -1.36. The van der Waals surface area contributed by atoms with Crippen LogP contribution in [-0.4, -0.2) is 41.6 Å². The van der Waals surface area contributed by atoms with Gasteiger partial charge in [-0.25, -0.2) is 0 Å². The van der Waals surface area contributed by atoms with Gasteiger partial charge in [-0.15, -0.1) is 0 Å². The lowest BCUT2D eigenvalue weighted by molar-refractivity contribution is 0.0918. The molecule has 1 rings (SSSR count). The quantitative estimate of drug-likeness (QED) is 0.801. The van der Waals surface area contributed by atoms with Crippen molar-refractivity contribution in [2.75, 3.05) is 20.1 Å². The van der Waals surface area contributed by atoms with E-state index in [9.17, 15) is 4.79 Å². The van der Waals surface area contributed by atoms with Gasteiger partial charge in [0.1, 0.15) is 5.76 Å². The standard InChI is InChI=1S/C16H29N3O2/c1-7-13-12(4)14(18-21-13)15(20)17-11-10-16(5,8-2)19(6)9-3/h7-11H2,1-6H3,(H,17,20). The van der Waals surface area contributed by atoms with Crippen molar-refractivity contribution in [3.05, 3.63) is 17.0 Å². The van der Waals surface area contributed by atoms with Crippen LogP contribution in [0.1, 0.15) is 62.3 Å². The van der Waals surface area contributed by atoms with Crippen molar-refractivity contribution in [1.82, 2.24) is 15.4 Å². The van der Waals surface area contributed by atoms with E-state index in [1.165, 1.54) is 0 Å². The molecule has 1 atom stereocenters. The number of hydrogen-bond acceptors (Lipinski definition) is 4. The van der Waals surface area contributed by atoms with Gasteiger partial charge in [0.15, 0.2) is 5.69 Å². The van der Waals surface area contributed by atoms with Gasteiger partial charge in [-0.05, 0) is 40.3 Å². The van der Waals surface area contributed by atoms with E-state index < -0.39 is 0 Å². The fraction of sp³-hybridized carbons (Fsp3) is 0.750. The summed E-state index contributed by atoms with van der Waals surface area (Å²) < 4.78 is 5.17. The van der Waals surface area contributed by atoms with Gasteiger partial charge in [0.2, 0.25) is 0 Å². The van der Waals surface area contributed by atoms with Crippen LogP contribution in [0.25, 0.3) is 0 Å². The largest absolute Gasteiger partial charge is 0.360 e. The minimum Gasteiger partial charge on any atom is -0.360 e. The van der Waals surface area contributed by atoms with E-state index in [1.54, 1.807) is 0 Å². The number of carbonyl (C=O) groups is 1. The number of aryl methyl sites for hydroxylation is 1. The van der Waals surface area contributed by atoms with Crippen molar-refractivity contribution in [3.63, 3.8) is 0 Å². The molecule has 1 unspecified atom stereocenters. The summed E-state index contributed by atoms with van der Waals surface area (Å²) in [7, 11) is 2.13. The topological polar surface area (TPSA) is 58.4 Å². The van der Waals surface area contributed by atoms with E-state index >= 15 is 0 Å². The number of amides is 1. The first-order valence-electron chi connectivity index (χ1n) is 7.84. The Morgan fingerprint density at radius 2 is 2.05 bits per heavy atom. The molecule has 0 saturated heterocycles. The van der Waals surface area contributed by atoms with Gasteiger partial charge in [0, 0.05) is 24.1 Å². The fourth-order valence-electron chi connectivity index (χ4n) is 2.46. The molecule has 1 aromatic heterocycles. The predicted octanol–water partition coefficient (Wildman–Crippen LogP) is 2.79. The number of aromatic nitrogens is 1. The number of carbonyl (C=O) groups excluding carboxylic acids is 1. The van der Waals surface area contributed by atoms with Crippen LogP contribution in [0, 0.1) is 6.92 Å². The van der Waals surface area contributed by atoms with Crippen molar-refractivity contribution in [1.29, 1.82) is 0 Å². The molecule has 0 fully saturated rings. The van der Waals surface area contributed by atoms with Crippen LogP contribution < -0.4 is 5.32 Å². The second-order valence-electron chi connectivity index (χ2n) is 5.80. The normalized spacial score (nSPS) is 14.2. The van der Waals surface area contributed by atoms with Gasteiger partial charge in [0.25, 0.3) is 5.91 Å². The number of rotatable bonds is 8. The Morgan fingerprint density at radius 1 is 1.38 bits per heavy atom. The van der Waals surface area contributed by atoms with Crippen molar-refractivity contribution in [2.24, 2.45) is 0 Å². The van der Waals surface area contributed by atoms with Crippen molar-refractivity contribution in [2.45, 2.75) is 59.4 Å². The van der Waals surface area contributed by atoms with E-state index in [4.69, 9.17) is 4.52 Å². The molecule has 1 amide bonds. The summed E-state index contributed by atoms with van der Waals surface area (Å²) in [6.45, 7) is 12.1. The van der Waals surface area contributed by atoms with Crippen LogP contribution in [0.15, 0.2) is 4.52 Å². The molecule has 0 aliphatic heterocycles. The highest BCUT2D eigenvalue weighted by Crippen LogP contribution is 2.21. The highest BCUT2D eigenvalue weighted by atomic mass is 16.5. The zero-order chi connectivity index (χ0) is 16.0. The Morgan fingerprint density at radius 3 is 2.52 bits per heavy atom. The molecule has 21 heavy (non-hydrogen) atoms. The lowest BCUT2D eigenvalue weighted by atomic mass is 9.92. The third-order valence-electron chi connectivity index (χ3n) is 4.66. The van der Waals surface area contributed by atoms with Gasteiger partial charge in [-0.3, -0.25) is 4.79 Å². The first-order valence-corrected chi connectivity index (χ1v) is 7.84. The van der Waals surface area contributed by atoms with Crippen LogP contribution in [0.4, 0.5) is 0 Å². The summed E-state index contributed by atoms with van der Waals surface area (Å²) in [6, 6.07) is 0. The van der Waals surface area contributed by atoms with E-state index in [1.807, 2.05) is 13.8 Å². The van der Waals surface area contributed by atoms with Gasteiger partial charge in [-0.2, -0.15) is 0 Å². The van der Waals surface area contributed by atoms with Crippen LogP contribution in [0.5, 0.6) is 0 Å². The zero-order valence-electron chi connectivity index (χ0n) is 14.2.